The predicted octanol–water partition coefficient (Wildman–Crippen LogP) is 0.956. The average molecular weight is 376 g/mol. The first kappa shape index (κ1) is 19.2. The van der Waals surface area contributed by atoms with Crippen molar-refractivity contribution in [2.75, 3.05) is 27.4 Å². The van der Waals surface area contributed by atoms with Gasteiger partial charge in [0, 0.05) is 30.7 Å². The Bertz CT molecular complexity index is 852. The second-order valence-corrected chi connectivity index (χ2v) is 6.89. The van der Waals surface area contributed by atoms with Gasteiger partial charge in [0.2, 0.25) is 0 Å². The fourth-order valence-electron chi connectivity index (χ4n) is 3.74. The summed E-state index contributed by atoms with van der Waals surface area (Å²) in [7, 11) is 3.07. The van der Waals surface area contributed by atoms with Crippen molar-refractivity contribution < 1.29 is 24.1 Å². The van der Waals surface area contributed by atoms with Gasteiger partial charge in [-0.1, -0.05) is 12.1 Å². The van der Waals surface area contributed by atoms with E-state index in [-0.39, 0.29) is 25.2 Å². The number of ether oxygens (including phenoxy) is 3. The van der Waals surface area contributed by atoms with Gasteiger partial charge in [-0.25, -0.2) is 0 Å². The zero-order chi connectivity index (χ0) is 19.6. The lowest BCUT2D eigenvalue weighted by Crippen LogP contribution is -2.50. The highest BCUT2D eigenvalue weighted by Gasteiger charge is 2.51. The number of hydrogen-bond donors (Lipinski definition) is 3. The molecule has 1 aliphatic rings. The smallest absolute Gasteiger partial charge is 0.312 e. The number of esters is 1. The quantitative estimate of drug-likeness (QED) is 0.511. The zero-order valence-electron chi connectivity index (χ0n) is 15.6. The van der Waals surface area contributed by atoms with Crippen LogP contribution in [-0.4, -0.2) is 54.3 Å². The number of hydrogen-bond acceptors (Lipinski definition) is 6. The van der Waals surface area contributed by atoms with Crippen molar-refractivity contribution in [2.24, 2.45) is 5.92 Å². The van der Waals surface area contributed by atoms with Crippen LogP contribution in [0.3, 0.4) is 0 Å². The molecule has 0 spiro atoms. The molecule has 0 bridgehead atoms. The van der Waals surface area contributed by atoms with Gasteiger partial charge in [0.25, 0.3) is 5.56 Å². The normalized spacial score (nSPS) is 24.3. The minimum atomic E-state index is -1.40. The van der Waals surface area contributed by atoms with Crippen LogP contribution in [0.25, 0.3) is 0 Å². The number of H-pyrrole nitrogens is 2. The molecule has 1 aromatic carbocycles. The minimum absolute atomic E-state index is 0.0770. The number of carbonyl (C=O) groups excluding carboxylic acids is 1. The summed E-state index contributed by atoms with van der Waals surface area (Å²) >= 11 is 0. The Morgan fingerprint density at radius 2 is 1.93 bits per heavy atom. The minimum Gasteiger partial charge on any atom is -0.497 e. The maximum Gasteiger partial charge on any atom is 0.312 e. The van der Waals surface area contributed by atoms with Crippen molar-refractivity contribution >= 4 is 5.97 Å². The maximum atomic E-state index is 12.9. The number of aliphatic hydroxyl groups is 1. The largest absolute Gasteiger partial charge is 0.497 e. The summed E-state index contributed by atoms with van der Waals surface area (Å²) in [6.07, 6.45) is 0.137. The van der Waals surface area contributed by atoms with Crippen LogP contribution in [0.15, 0.2) is 29.1 Å². The van der Waals surface area contributed by atoms with Crippen LogP contribution >= 0.6 is 0 Å². The van der Waals surface area contributed by atoms with Crippen molar-refractivity contribution in [1.29, 1.82) is 0 Å². The Kier molecular flexibility index (Phi) is 5.38. The molecular formula is C19H24N2O6. The van der Waals surface area contributed by atoms with E-state index in [0.29, 0.717) is 17.0 Å². The molecule has 3 N–H and O–H groups in total. The second kappa shape index (κ2) is 7.58. The summed E-state index contributed by atoms with van der Waals surface area (Å²) in [5.74, 6) is -1.50. The summed E-state index contributed by atoms with van der Waals surface area (Å²) in [4.78, 5) is 25.3. The van der Waals surface area contributed by atoms with Crippen LogP contribution in [0, 0.1) is 5.92 Å². The summed E-state index contributed by atoms with van der Waals surface area (Å²) in [5.41, 5.74) is 0.0475. The molecule has 3 unspecified atom stereocenters. The van der Waals surface area contributed by atoms with Gasteiger partial charge in [0.15, 0.2) is 0 Å². The third-order valence-corrected chi connectivity index (χ3v) is 5.01. The van der Waals surface area contributed by atoms with Crippen molar-refractivity contribution in [3.05, 3.63) is 51.4 Å². The van der Waals surface area contributed by atoms with Crippen LogP contribution in [0.5, 0.6) is 5.75 Å². The fourth-order valence-corrected chi connectivity index (χ4v) is 3.74. The molecule has 2 aromatic rings. The Morgan fingerprint density at radius 1 is 1.22 bits per heavy atom. The molecule has 8 heteroatoms. The van der Waals surface area contributed by atoms with E-state index in [9.17, 15) is 14.7 Å². The van der Waals surface area contributed by atoms with E-state index < -0.39 is 23.4 Å². The summed E-state index contributed by atoms with van der Waals surface area (Å²) < 4.78 is 15.4. The van der Waals surface area contributed by atoms with E-state index >= 15 is 0 Å². The SMILES string of the molecule is COCCOC(=O)C1C(c2ccc(OC)cc2)c2c([nH][nH]c2=O)CC1(C)O. The molecule has 0 saturated heterocycles. The standard InChI is InChI=1S/C19H24N2O6/c1-19(24)10-13-15(17(22)21-20-13)14(11-4-6-12(26-3)7-5-11)16(19)18(23)27-9-8-25-2/h4-7,14,16,24H,8-10H2,1-3H3,(H2,20,21,22). The van der Waals surface area contributed by atoms with Crippen LogP contribution in [0.2, 0.25) is 0 Å². The van der Waals surface area contributed by atoms with E-state index in [1.165, 1.54) is 7.11 Å². The Hall–Kier alpha value is -2.58. The highest BCUT2D eigenvalue weighted by atomic mass is 16.6. The molecule has 1 heterocycles. The van der Waals surface area contributed by atoms with Gasteiger partial charge < -0.3 is 24.4 Å². The monoisotopic (exact) mass is 376 g/mol. The summed E-state index contributed by atoms with van der Waals surface area (Å²) in [5, 5.41) is 16.4. The van der Waals surface area contributed by atoms with Crippen LogP contribution in [-0.2, 0) is 20.7 Å². The topological polar surface area (TPSA) is 114 Å². The van der Waals surface area contributed by atoms with E-state index in [4.69, 9.17) is 14.2 Å². The molecule has 0 amide bonds. The molecule has 3 rings (SSSR count). The first-order valence-corrected chi connectivity index (χ1v) is 8.70. The Balaban J connectivity index is 2.07. The van der Waals surface area contributed by atoms with Crippen LogP contribution in [0.4, 0.5) is 0 Å². The summed E-state index contributed by atoms with van der Waals surface area (Å²) in [6.45, 7) is 1.91. The van der Waals surface area contributed by atoms with Gasteiger partial charge in [-0.2, -0.15) is 0 Å². The second-order valence-electron chi connectivity index (χ2n) is 6.89. The van der Waals surface area contributed by atoms with Gasteiger partial charge in [0.05, 0.1) is 25.2 Å². The number of carbonyl (C=O) groups is 1. The molecule has 1 aliphatic carbocycles. The first-order valence-electron chi connectivity index (χ1n) is 8.70. The molecule has 8 nitrogen and oxygen atoms in total. The Morgan fingerprint density at radius 3 is 2.56 bits per heavy atom. The third-order valence-electron chi connectivity index (χ3n) is 5.01. The van der Waals surface area contributed by atoms with Crippen molar-refractivity contribution in [1.82, 2.24) is 10.2 Å². The first-order chi connectivity index (χ1) is 12.9. The number of aromatic amines is 2. The molecule has 27 heavy (non-hydrogen) atoms. The lowest BCUT2D eigenvalue weighted by atomic mass is 9.66. The lowest BCUT2D eigenvalue weighted by molar-refractivity contribution is -0.161. The van der Waals surface area contributed by atoms with Crippen molar-refractivity contribution in [2.45, 2.75) is 24.9 Å². The van der Waals surface area contributed by atoms with Crippen LogP contribution < -0.4 is 10.3 Å². The van der Waals surface area contributed by atoms with Gasteiger partial charge in [-0.3, -0.25) is 14.7 Å². The molecule has 3 atom stereocenters. The third kappa shape index (κ3) is 3.63. The Labute approximate surface area is 156 Å². The van der Waals surface area contributed by atoms with Crippen molar-refractivity contribution in [3.63, 3.8) is 0 Å². The van der Waals surface area contributed by atoms with Crippen molar-refractivity contribution in [3.8, 4) is 5.75 Å². The van der Waals surface area contributed by atoms with E-state index in [0.717, 1.165) is 5.56 Å². The molecule has 146 valence electrons. The molecular weight excluding hydrogens is 352 g/mol. The number of nitrogens with one attached hydrogen (secondary N) is 2. The average Bonchev–Trinajstić information content (AvgIpc) is 3.00. The highest BCUT2D eigenvalue weighted by Crippen LogP contribution is 2.44. The molecule has 1 aromatic heterocycles. The fraction of sp³-hybridized carbons (Fsp3) is 0.474. The molecule has 0 radical (unpaired) electrons. The van der Waals surface area contributed by atoms with Gasteiger partial charge in [0.1, 0.15) is 12.4 Å². The number of fused-ring (bicyclic) bond motifs is 1. The van der Waals surface area contributed by atoms with E-state index in [2.05, 4.69) is 10.2 Å². The number of rotatable bonds is 6. The molecule has 0 saturated carbocycles. The lowest BCUT2D eigenvalue weighted by Gasteiger charge is -2.40. The predicted molar refractivity (Wildman–Crippen MR) is 96.9 cm³/mol. The highest BCUT2D eigenvalue weighted by molar-refractivity contribution is 5.77. The number of methoxy groups -OCH3 is 2. The van der Waals surface area contributed by atoms with E-state index in [1.54, 1.807) is 38.3 Å². The van der Waals surface area contributed by atoms with Gasteiger partial charge in [-0.15, -0.1) is 0 Å². The number of benzene rings is 1. The van der Waals surface area contributed by atoms with Gasteiger partial charge in [-0.05, 0) is 24.6 Å². The summed E-state index contributed by atoms with van der Waals surface area (Å²) in [6, 6.07) is 7.09. The maximum absolute atomic E-state index is 12.9. The molecule has 0 fully saturated rings. The van der Waals surface area contributed by atoms with E-state index in [1.807, 2.05) is 0 Å². The number of aromatic nitrogens is 2. The van der Waals surface area contributed by atoms with Gasteiger partial charge >= 0.3 is 5.97 Å². The molecule has 0 aliphatic heterocycles. The zero-order valence-corrected chi connectivity index (χ0v) is 15.6. The van der Waals surface area contributed by atoms with Crippen LogP contribution in [0.1, 0.15) is 29.7 Å².